The average molecular weight is 498 g/mol. The normalized spacial score (nSPS) is 12.1. The monoisotopic (exact) mass is 497 g/mol. The number of aryl methyl sites for hydroxylation is 2. The molecule has 0 spiro atoms. The molecule has 3 aromatic carbocycles. The molecule has 176 valence electrons. The molecule has 0 saturated carbocycles. The van der Waals surface area contributed by atoms with E-state index in [1.807, 2.05) is 30.7 Å². The van der Waals surface area contributed by atoms with Crippen LogP contribution in [-0.4, -0.2) is 33.1 Å². The Morgan fingerprint density at radius 1 is 0.971 bits per heavy atom. The van der Waals surface area contributed by atoms with Crippen molar-refractivity contribution in [2.75, 3.05) is 18.9 Å². The van der Waals surface area contributed by atoms with Crippen molar-refractivity contribution in [2.45, 2.75) is 11.8 Å². The second kappa shape index (κ2) is 9.32. The smallest absolute Gasteiger partial charge is 0.279 e. The molecule has 0 saturated heterocycles. The molecule has 0 aliphatic rings. The van der Waals surface area contributed by atoms with Gasteiger partial charge >= 0.3 is 0 Å². The van der Waals surface area contributed by atoms with E-state index in [4.69, 9.17) is 9.47 Å². The van der Waals surface area contributed by atoms with Gasteiger partial charge in [0.2, 0.25) is 0 Å². The number of ether oxygens (including phenoxy) is 2. The first kappa shape index (κ1) is 23.5. The minimum atomic E-state index is -3.72. The van der Waals surface area contributed by atoms with Gasteiger partial charge in [0, 0.05) is 30.4 Å². The number of nitrogens with zero attached hydrogens (tertiary/aromatic N) is 2. The maximum absolute atomic E-state index is 12.8. The third kappa shape index (κ3) is 4.68. The number of methoxy groups -OCH3 is 2. The standard InChI is InChI=1S/C24H23N3O5S2/c1-15-5-11-18(12-6-15)34(29,30)26-17-9-7-16(8-10-17)23(28)25-24-27(2)19-13-20(31-3)21(32-4)14-22(19)33-24/h5-14,26H,1-4H3. The summed E-state index contributed by atoms with van der Waals surface area (Å²) in [5.74, 6) is 0.748. The van der Waals surface area contributed by atoms with Crippen LogP contribution in [0.25, 0.3) is 10.2 Å². The van der Waals surface area contributed by atoms with Crippen LogP contribution >= 0.6 is 11.3 Å². The van der Waals surface area contributed by atoms with E-state index in [0.29, 0.717) is 27.6 Å². The van der Waals surface area contributed by atoms with E-state index in [2.05, 4.69) is 9.71 Å². The number of hydrogen-bond acceptors (Lipinski definition) is 6. The molecule has 1 aromatic heterocycles. The van der Waals surface area contributed by atoms with Crippen molar-refractivity contribution in [3.8, 4) is 11.5 Å². The van der Waals surface area contributed by atoms with Gasteiger partial charge in [-0.05, 0) is 43.3 Å². The van der Waals surface area contributed by atoms with Gasteiger partial charge in [0.1, 0.15) is 0 Å². The van der Waals surface area contributed by atoms with Crippen LogP contribution in [0.2, 0.25) is 0 Å². The highest BCUT2D eigenvalue weighted by Crippen LogP contribution is 2.33. The highest BCUT2D eigenvalue weighted by Gasteiger charge is 2.15. The van der Waals surface area contributed by atoms with Gasteiger partial charge in [-0.3, -0.25) is 9.52 Å². The number of thiazole rings is 1. The van der Waals surface area contributed by atoms with Gasteiger partial charge in [-0.1, -0.05) is 29.0 Å². The molecule has 1 heterocycles. The summed E-state index contributed by atoms with van der Waals surface area (Å²) in [6.07, 6.45) is 0. The molecular weight excluding hydrogens is 474 g/mol. The number of rotatable bonds is 6. The second-order valence-electron chi connectivity index (χ2n) is 7.53. The lowest BCUT2D eigenvalue weighted by Crippen LogP contribution is -2.14. The first-order valence-electron chi connectivity index (χ1n) is 10.2. The molecule has 1 amide bonds. The molecule has 1 N–H and O–H groups in total. The van der Waals surface area contributed by atoms with Gasteiger partial charge in [-0.25, -0.2) is 8.42 Å². The molecule has 0 aliphatic heterocycles. The largest absolute Gasteiger partial charge is 0.493 e. The fourth-order valence-electron chi connectivity index (χ4n) is 3.32. The van der Waals surface area contributed by atoms with Crippen LogP contribution in [0.4, 0.5) is 5.69 Å². The molecule has 0 atom stereocenters. The van der Waals surface area contributed by atoms with Crippen molar-refractivity contribution in [2.24, 2.45) is 12.0 Å². The number of amides is 1. The molecular formula is C24H23N3O5S2. The van der Waals surface area contributed by atoms with E-state index in [1.165, 1.54) is 35.6 Å². The zero-order valence-corrected chi connectivity index (χ0v) is 20.7. The Balaban J connectivity index is 1.59. The van der Waals surface area contributed by atoms with E-state index >= 15 is 0 Å². The van der Waals surface area contributed by atoms with Crippen molar-refractivity contribution in [1.29, 1.82) is 0 Å². The van der Waals surface area contributed by atoms with Crippen LogP contribution in [0.1, 0.15) is 15.9 Å². The molecule has 4 aromatic rings. The first-order chi connectivity index (χ1) is 16.2. The number of carbonyl (C=O) groups excluding carboxylic acids is 1. The van der Waals surface area contributed by atoms with Crippen molar-refractivity contribution >= 4 is 43.2 Å². The Bertz CT molecular complexity index is 1530. The van der Waals surface area contributed by atoms with Gasteiger partial charge in [-0.15, -0.1) is 0 Å². The number of carbonyl (C=O) groups is 1. The minimum absolute atomic E-state index is 0.166. The summed E-state index contributed by atoms with van der Waals surface area (Å²) >= 11 is 1.35. The minimum Gasteiger partial charge on any atom is -0.493 e. The lowest BCUT2D eigenvalue weighted by Gasteiger charge is -2.08. The van der Waals surface area contributed by atoms with Gasteiger partial charge in [-0.2, -0.15) is 4.99 Å². The molecule has 0 aliphatic carbocycles. The zero-order valence-electron chi connectivity index (χ0n) is 19.0. The van der Waals surface area contributed by atoms with Crippen LogP contribution < -0.4 is 19.0 Å². The fourth-order valence-corrected chi connectivity index (χ4v) is 5.41. The first-order valence-corrected chi connectivity index (χ1v) is 12.5. The van der Waals surface area contributed by atoms with Crippen LogP contribution in [0.15, 0.2) is 70.6 Å². The third-order valence-electron chi connectivity index (χ3n) is 5.23. The Hall–Kier alpha value is -3.63. The summed E-state index contributed by atoms with van der Waals surface area (Å²) in [4.78, 5) is 17.7. The number of benzene rings is 3. The highest BCUT2D eigenvalue weighted by atomic mass is 32.2. The van der Waals surface area contributed by atoms with Crippen molar-refractivity contribution in [3.05, 3.63) is 76.6 Å². The number of sulfonamides is 1. The van der Waals surface area contributed by atoms with Crippen LogP contribution in [0.3, 0.4) is 0 Å². The summed E-state index contributed by atoms with van der Waals surface area (Å²) in [6.45, 7) is 1.89. The Labute approximate surface area is 201 Å². The molecule has 8 nitrogen and oxygen atoms in total. The summed E-state index contributed by atoms with van der Waals surface area (Å²) in [5, 5.41) is 0. The second-order valence-corrected chi connectivity index (χ2v) is 10.2. The lowest BCUT2D eigenvalue weighted by atomic mass is 10.2. The van der Waals surface area contributed by atoms with E-state index in [1.54, 1.807) is 38.5 Å². The molecule has 34 heavy (non-hydrogen) atoms. The summed E-state index contributed by atoms with van der Waals surface area (Å²) < 4.78 is 41.1. The molecule has 0 fully saturated rings. The predicted octanol–water partition coefficient (Wildman–Crippen LogP) is 4.11. The number of hydrogen-bond donors (Lipinski definition) is 1. The number of anilines is 1. The maximum Gasteiger partial charge on any atom is 0.279 e. The van der Waals surface area contributed by atoms with Crippen LogP contribution in [0.5, 0.6) is 11.5 Å². The molecule has 0 bridgehead atoms. The number of fused-ring (bicyclic) bond motifs is 1. The van der Waals surface area contributed by atoms with E-state index in [0.717, 1.165) is 15.8 Å². The van der Waals surface area contributed by atoms with Crippen molar-refractivity contribution in [1.82, 2.24) is 4.57 Å². The van der Waals surface area contributed by atoms with Crippen molar-refractivity contribution < 1.29 is 22.7 Å². The Morgan fingerprint density at radius 2 is 1.59 bits per heavy atom. The topological polar surface area (TPSA) is 99.0 Å². The summed E-state index contributed by atoms with van der Waals surface area (Å²) in [7, 11) is 1.23. The third-order valence-corrected chi connectivity index (χ3v) is 7.72. The number of nitrogens with one attached hydrogen (secondary N) is 1. The quantitative estimate of drug-likeness (QED) is 0.432. The van der Waals surface area contributed by atoms with Gasteiger partial charge in [0.05, 0.1) is 29.3 Å². The predicted molar refractivity (Wildman–Crippen MR) is 132 cm³/mol. The molecule has 0 radical (unpaired) electrons. The average Bonchev–Trinajstić information content (AvgIpc) is 3.12. The van der Waals surface area contributed by atoms with E-state index in [9.17, 15) is 13.2 Å². The van der Waals surface area contributed by atoms with Gasteiger partial charge in [0.15, 0.2) is 16.3 Å². The molecule has 10 heteroatoms. The summed E-state index contributed by atoms with van der Waals surface area (Å²) in [6, 6.07) is 16.4. The summed E-state index contributed by atoms with van der Waals surface area (Å²) in [5.41, 5.74) is 2.51. The maximum atomic E-state index is 12.8. The highest BCUT2D eigenvalue weighted by molar-refractivity contribution is 7.92. The van der Waals surface area contributed by atoms with E-state index < -0.39 is 15.9 Å². The van der Waals surface area contributed by atoms with E-state index in [-0.39, 0.29) is 4.90 Å². The zero-order chi connectivity index (χ0) is 24.5. The Kier molecular flexibility index (Phi) is 6.45. The van der Waals surface area contributed by atoms with Crippen molar-refractivity contribution in [3.63, 3.8) is 0 Å². The SMILES string of the molecule is COc1cc2sc(=NC(=O)c3ccc(NS(=O)(=O)c4ccc(C)cc4)cc3)n(C)c2cc1OC. The molecule has 0 unspecified atom stereocenters. The fraction of sp³-hybridized carbons (Fsp3) is 0.167. The Morgan fingerprint density at radius 3 is 2.21 bits per heavy atom. The van der Waals surface area contributed by atoms with Gasteiger partial charge < -0.3 is 14.0 Å². The van der Waals surface area contributed by atoms with Crippen LogP contribution in [0, 0.1) is 6.92 Å². The lowest BCUT2D eigenvalue weighted by molar-refractivity contribution is 0.0998. The number of aromatic nitrogens is 1. The van der Waals surface area contributed by atoms with Crippen LogP contribution in [-0.2, 0) is 17.1 Å². The van der Waals surface area contributed by atoms with Gasteiger partial charge in [0.25, 0.3) is 15.9 Å². The molecule has 4 rings (SSSR count).